The van der Waals surface area contributed by atoms with E-state index in [-0.39, 0.29) is 26.6 Å². The first-order valence-electron chi connectivity index (χ1n) is 6.28. The van der Waals surface area contributed by atoms with E-state index >= 15 is 0 Å². The molecule has 0 saturated carbocycles. The van der Waals surface area contributed by atoms with Gasteiger partial charge in [0.05, 0.1) is 11.3 Å². The first kappa shape index (κ1) is 16.8. The van der Waals surface area contributed by atoms with Crippen LogP contribution in [0.3, 0.4) is 0 Å². The third kappa shape index (κ3) is 4.02. The second kappa shape index (κ2) is 6.71. The molecule has 0 saturated heterocycles. The maximum absolute atomic E-state index is 12.3. The molecule has 1 aromatic carbocycles. The van der Waals surface area contributed by atoms with Gasteiger partial charge in [0.25, 0.3) is 20.3 Å². The highest BCUT2D eigenvalue weighted by atomic mass is 32.2. The minimum absolute atomic E-state index is 0.0671. The van der Waals surface area contributed by atoms with Crippen molar-refractivity contribution in [2.24, 2.45) is 0 Å². The van der Waals surface area contributed by atoms with Crippen LogP contribution in [0.4, 0.5) is 10.8 Å². The first-order chi connectivity index (χ1) is 10.8. The zero-order valence-electron chi connectivity index (χ0n) is 12.2. The molecule has 1 aromatic heterocycles. The van der Waals surface area contributed by atoms with Crippen molar-refractivity contribution in [2.45, 2.75) is 11.3 Å². The molecule has 122 valence electrons. The van der Waals surface area contributed by atoms with Crippen molar-refractivity contribution in [1.29, 1.82) is 0 Å². The van der Waals surface area contributed by atoms with Crippen molar-refractivity contribution in [3.63, 3.8) is 0 Å². The Labute approximate surface area is 136 Å². The number of nitrogens with one attached hydrogen (secondary N) is 3. The van der Waals surface area contributed by atoms with Gasteiger partial charge in [-0.05, 0) is 12.1 Å². The van der Waals surface area contributed by atoms with Gasteiger partial charge in [-0.25, -0.2) is 0 Å². The average molecular weight is 355 g/mol. The summed E-state index contributed by atoms with van der Waals surface area (Å²) in [4.78, 5) is 22.7. The molecule has 2 aromatic rings. The number of hydrogen-bond donors (Lipinski definition) is 3. The van der Waals surface area contributed by atoms with Crippen LogP contribution in [0.5, 0.6) is 0 Å². The normalized spacial score (nSPS) is 10.9. The van der Waals surface area contributed by atoms with E-state index in [2.05, 4.69) is 25.6 Å². The van der Waals surface area contributed by atoms with Crippen molar-refractivity contribution in [1.82, 2.24) is 15.5 Å². The van der Waals surface area contributed by atoms with Gasteiger partial charge in [-0.3, -0.25) is 14.3 Å². The van der Waals surface area contributed by atoms with Crippen LogP contribution < -0.4 is 15.4 Å². The van der Waals surface area contributed by atoms with Gasteiger partial charge in [0.2, 0.25) is 11.0 Å². The Balaban J connectivity index is 2.30. The molecule has 0 fully saturated rings. The van der Waals surface area contributed by atoms with Crippen molar-refractivity contribution >= 4 is 44.0 Å². The molecule has 9 nitrogen and oxygen atoms in total. The van der Waals surface area contributed by atoms with Gasteiger partial charge in [-0.1, -0.05) is 23.5 Å². The lowest BCUT2D eigenvalue weighted by Gasteiger charge is -2.09. The number of hydrogen-bond acceptors (Lipinski definition) is 7. The predicted octanol–water partition coefficient (Wildman–Crippen LogP) is 0.657. The number of amides is 2. The molecule has 0 spiro atoms. The maximum Gasteiger partial charge on any atom is 0.291 e. The quantitative estimate of drug-likeness (QED) is 0.675. The van der Waals surface area contributed by atoms with Crippen LogP contribution in [-0.2, 0) is 14.8 Å². The molecule has 3 N–H and O–H groups in total. The number of carbonyl (C=O) groups excluding carboxylic acids is 2. The number of aromatic nitrogens is 2. The molecule has 1 heterocycles. The Morgan fingerprint density at radius 3 is 2.52 bits per heavy atom. The number of anilines is 2. The van der Waals surface area contributed by atoms with Gasteiger partial charge >= 0.3 is 0 Å². The summed E-state index contributed by atoms with van der Waals surface area (Å²) >= 11 is 0.702. The summed E-state index contributed by atoms with van der Waals surface area (Å²) in [5, 5.41) is 12.0. The Morgan fingerprint density at radius 2 is 1.87 bits per heavy atom. The second-order valence-corrected chi connectivity index (χ2v) is 7.12. The molecule has 0 aliphatic rings. The van der Waals surface area contributed by atoms with Crippen molar-refractivity contribution < 1.29 is 18.0 Å². The summed E-state index contributed by atoms with van der Waals surface area (Å²) in [6, 6.07) is 6.15. The van der Waals surface area contributed by atoms with E-state index in [0.717, 1.165) is 0 Å². The fourth-order valence-corrected chi connectivity index (χ4v) is 3.64. The zero-order valence-corrected chi connectivity index (χ0v) is 13.8. The van der Waals surface area contributed by atoms with Crippen LogP contribution in [0.1, 0.15) is 17.3 Å². The van der Waals surface area contributed by atoms with E-state index in [1.54, 1.807) is 12.1 Å². The molecule has 0 unspecified atom stereocenters. The molecule has 23 heavy (non-hydrogen) atoms. The summed E-state index contributed by atoms with van der Waals surface area (Å²) in [6.07, 6.45) is 0. The standard InChI is InChI=1S/C12H13N5O4S2/c1-7(18)14-11-15-16-12(22-11)23(20,21)17-9-6-4-3-5-8(9)10(19)13-2/h3-6,17H,1-2H3,(H,13,19)(H,14,15,18). The number of benzene rings is 1. The van der Waals surface area contributed by atoms with Gasteiger partial charge in [0.1, 0.15) is 0 Å². The van der Waals surface area contributed by atoms with Gasteiger partial charge in [0, 0.05) is 14.0 Å². The van der Waals surface area contributed by atoms with Crippen LogP contribution in [0, 0.1) is 0 Å². The lowest BCUT2D eigenvalue weighted by molar-refractivity contribution is -0.114. The van der Waals surface area contributed by atoms with Gasteiger partial charge in [0.15, 0.2) is 0 Å². The molecule has 2 amide bonds. The summed E-state index contributed by atoms with van der Waals surface area (Å²) in [6.45, 7) is 1.27. The molecule has 0 aliphatic heterocycles. The van der Waals surface area contributed by atoms with E-state index in [1.165, 1.54) is 26.1 Å². The number of sulfonamides is 1. The van der Waals surface area contributed by atoms with Crippen molar-refractivity contribution in [2.75, 3.05) is 17.1 Å². The van der Waals surface area contributed by atoms with Gasteiger partial charge < -0.3 is 10.6 Å². The monoisotopic (exact) mass is 355 g/mol. The second-order valence-electron chi connectivity index (χ2n) is 4.28. The topological polar surface area (TPSA) is 130 Å². The largest absolute Gasteiger partial charge is 0.355 e. The molecule has 0 atom stereocenters. The van der Waals surface area contributed by atoms with E-state index in [9.17, 15) is 18.0 Å². The lowest BCUT2D eigenvalue weighted by Crippen LogP contribution is -2.21. The summed E-state index contributed by atoms with van der Waals surface area (Å²) < 4.78 is 26.6. The highest BCUT2D eigenvalue weighted by molar-refractivity contribution is 7.94. The molecule has 11 heteroatoms. The fourth-order valence-electron chi connectivity index (χ4n) is 1.61. The van der Waals surface area contributed by atoms with E-state index in [4.69, 9.17) is 0 Å². The number of rotatable bonds is 5. The molecule has 2 rings (SSSR count). The molecular formula is C12H13N5O4S2. The minimum atomic E-state index is -4.03. The number of nitrogens with zero attached hydrogens (tertiary/aromatic N) is 2. The summed E-state index contributed by atoms with van der Waals surface area (Å²) in [5.41, 5.74) is 0.285. The van der Waals surface area contributed by atoms with Crippen LogP contribution in [-0.4, -0.2) is 37.5 Å². The Morgan fingerprint density at radius 1 is 1.17 bits per heavy atom. The van der Waals surface area contributed by atoms with Crippen LogP contribution in [0.15, 0.2) is 28.6 Å². The van der Waals surface area contributed by atoms with Crippen LogP contribution >= 0.6 is 11.3 Å². The smallest absolute Gasteiger partial charge is 0.291 e. The molecule has 0 radical (unpaired) electrons. The number of para-hydroxylation sites is 1. The Bertz CT molecular complexity index is 847. The average Bonchev–Trinajstić information content (AvgIpc) is 2.95. The van der Waals surface area contributed by atoms with Gasteiger partial charge in [-0.15, -0.1) is 10.2 Å². The maximum atomic E-state index is 12.3. The van der Waals surface area contributed by atoms with E-state index < -0.39 is 15.9 Å². The highest BCUT2D eigenvalue weighted by Crippen LogP contribution is 2.24. The third-order valence-corrected chi connectivity index (χ3v) is 5.13. The summed E-state index contributed by atoms with van der Waals surface area (Å²) in [5.74, 6) is -0.817. The third-order valence-electron chi connectivity index (χ3n) is 2.56. The van der Waals surface area contributed by atoms with E-state index in [1.807, 2.05) is 0 Å². The summed E-state index contributed by atoms with van der Waals surface area (Å²) in [7, 11) is -2.59. The molecular weight excluding hydrogens is 342 g/mol. The lowest BCUT2D eigenvalue weighted by atomic mass is 10.2. The van der Waals surface area contributed by atoms with E-state index in [0.29, 0.717) is 11.3 Å². The Kier molecular flexibility index (Phi) is 4.91. The first-order valence-corrected chi connectivity index (χ1v) is 8.58. The zero-order chi connectivity index (χ0) is 17.0. The van der Waals surface area contributed by atoms with Gasteiger partial charge in [-0.2, -0.15) is 8.42 Å². The number of carbonyl (C=O) groups is 2. The highest BCUT2D eigenvalue weighted by Gasteiger charge is 2.22. The molecule has 0 bridgehead atoms. The van der Waals surface area contributed by atoms with Crippen molar-refractivity contribution in [3.8, 4) is 0 Å². The SMILES string of the molecule is CNC(=O)c1ccccc1NS(=O)(=O)c1nnc(NC(C)=O)s1. The van der Waals surface area contributed by atoms with Crippen LogP contribution in [0.25, 0.3) is 0 Å². The minimum Gasteiger partial charge on any atom is -0.355 e. The molecule has 0 aliphatic carbocycles. The van der Waals surface area contributed by atoms with Crippen LogP contribution in [0.2, 0.25) is 0 Å². The Hall–Kier alpha value is -2.53. The predicted molar refractivity (Wildman–Crippen MR) is 84.9 cm³/mol. The fraction of sp³-hybridized carbons (Fsp3) is 0.167. The van der Waals surface area contributed by atoms with Crippen molar-refractivity contribution in [3.05, 3.63) is 29.8 Å².